The van der Waals surface area contributed by atoms with Crippen LogP contribution in [0.4, 0.5) is 5.82 Å². The maximum atomic E-state index is 6.08. The molecule has 0 aliphatic rings. The van der Waals surface area contributed by atoms with Crippen LogP contribution in [0.2, 0.25) is 5.02 Å². The molecule has 5 nitrogen and oxygen atoms in total. The third-order valence-corrected chi connectivity index (χ3v) is 4.40. The molecule has 0 aliphatic carbocycles. The lowest BCUT2D eigenvalue weighted by atomic mass is 10.1. The van der Waals surface area contributed by atoms with E-state index in [-0.39, 0.29) is 0 Å². The van der Waals surface area contributed by atoms with Crippen molar-refractivity contribution in [1.82, 2.24) is 15.1 Å². The third kappa shape index (κ3) is 3.26. The van der Waals surface area contributed by atoms with E-state index in [0.29, 0.717) is 29.1 Å². The van der Waals surface area contributed by atoms with Crippen molar-refractivity contribution in [3.8, 4) is 11.4 Å². The van der Waals surface area contributed by atoms with Gasteiger partial charge in [0.2, 0.25) is 11.7 Å². The van der Waals surface area contributed by atoms with Crippen molar-refractivity contribution in [3.63, 3.8) is 0 Å². The molecule has 0 saturated carbocycles. The van der Waals surface area contributed by atoms with Crippen LogP contribution in [0.15, 0.2) is 53.1 Å². The van der Waals surface area contributed by atoms with Crippen molar-refractivity contribution in [1.29, 1.82) is 0 Å². The fourth-order valence-electron chi connectivity index (χ4n) is 2.89. The first kappa shape index (κ1) is 16.5. The summed E-state index contributed by atoms with van der Waals surface area (Å²) in [7, 11) is 0. The maximum Gasteiger partial charge on any atom is 0.223 e. The van der Waals surface area contributed by atoms with Gasteiger partial charge in [0.25, 0.3) is 0 Å². The Kier molecular flexibility index (Phi) is 4.31. The van der Waals surface area contributed by atoms with Gasteiger partial charge >= 0.3 is 0 Å². The highest BCUT2D eigenvalue weighted by Gasteiger charge is 2.15. The highest BCUT2D eigenvalue weighted by Crippen LogP contribution is 2.30. The molecule has 4 rings (SSSR count). The molecule has 1 N–H and O–H groups in total. The summed E-state index contributed by atoms with van der Waals surface area (Å²) in [5, 5.41) is 9.20. The second-order valence-corrected chi connectivity index (χ2v) is 6.59. The molecule has 2 aromatic carbocycles. The highest BCUT2D eigenvalue weighted by atomic mass is 35.5. The average molecular weight is 365 g/mol. The predicted octanol–water partition coefficient (Wildman–Crippen LogP) is 5.17. The Hall–Kier alpha value is -2.92. The third-order valence-electron chi connectivity index (χ3n) is 4.16. The van der Waals surface area contributed by atoms with Crippen LogP contribution in [0.3, 0.4) is 0 Å². The van der Waals surface area contributed by atoms with Gasteiger partial charge in [0, 0.05) is 23.9 Å². The number of nitrogens with one attached hydrogen (secondary N) is 1. The molecule has 0 unspecified atom stereocenters. The number of fused-ring (bicyclic) bond motifs is 1. The molecule has 0 bridgehead atoms. The van der Waals surface area contributed by atoms with Crippen LogP contribution in [-0.4, -0.2) is 15.1 Å². The van der Waals surface area contributed by atoms with E-state index in [2.05, 4.69) is 15.5 Å². The molecule has 0 aliphatic heterocycles. The summed E-state index contributed by atoms with van der Waals surface area (Å²) >= 11 is 6.08. The summed E-state index contributed by atoms with van der Waals surface area (Å²) in [6, 6.07) is 15.9. The number of aryl methyl sites for hydroxylation is 2. The van der Waals surface area contributed by atoms with Gasteiger partial charge in [-0.1, -0.05) is 47.1 Å². The fourth-order valence-corrected chi connectivity index (χ4v) is 3.11. The Morgan fingerprint density at radius 2 is 1.88 bits per heavy atom. The van der Waals surface area contributed by atoms with Crippen molar-refractivity contribution >= 4 is 28.3 Å². The van der Waals surface area contributed by atoms with E-state index in [1.54, 1.807) is 6.92 Å². The van der Waals surface area contributed by atoms with Gasteiger partial charge < -0.3 is 9.84 Å². The molecule has 0 saturated heterocycles. The average Bonchev–Trinajstić information content (AvgIpc) is 3.06. The quantitative estimate of drug-likeness (QED) is 0.541. The Morgan fingerprint density at radius 3 is 2.65 bits per heavy atom. The van der Waals surface area contributed by atoms with Crippen LogP contribution in [0.25, 0.3) is 22.3 Å². The van der Waals surface area contributed by atoms with E-state index in [9.17, 15) is 0 Å². The van der Waals surface area contributed by atoms with Gasteiger partial charge in [-0.2, -0.15) is 4.98 Å². The zero-order valence-electron chi connectivity index (χ0n) is 14.5. The molecule has 0 radical (unpaired) electrons. The largest absolute Gasteiger partial charge is 0.365 e. The second kappa shape index (κ2) is 6.77. The minimum absolute atomic E-state index is 0.519. The number of anilines is 1. The Balaban J connectivity index is 1.78. The molecule has 0 atom stereocenters. The van der Waals surface area contributed by atoms with Crippen molar-refractivity contribution in [2.24, 2.45) is 0 Å². The van der Waals surface area contributed by atoms with E-state index in [0.717, 1.165) is 27.6 Å². The van der Waals surface area contributed by atoms with Crippen molar-refractivity contribution in [3.05, 3.63) is 70.6 Å². The summed E-state index contributed by atoms with van der Waals surface area (Å²) in [6.45, 7) is 4.41. The monoisotopic (exact) mass is 364 g/mol. The number of halogens is 1. The molecule has 26 heavy (non-hydrogen) atoms. The Bertz CT molecular complexity index is 1090. The van der Waals surface area contributed by atoms with Gasteiger partial charge in [-0.15, -0.1) is 0 Å². The van der Waals surface area contributed by atoms with Crippen LogP contribution in [0.5, 0.6) is 0 Å². The Labute approximate surface area is 156 Å². The lowest BCUT2D eigenvalue weighted by molar-refractivity contribution is 0.394. The SMILES string of the molecule is Cc1nc(-c2cc3cccc(C)c3nc2NCc2cccc(Cl)c2)no1. The van der Waals surface area contributed by atoms with Gasteiger partial charge in [-0.25, -0.2) is 4.98 Å². The maximum absolute atomic E-state index is 6.08. The minimum Gasteiger partial charge on any atom is -0.365 e. The zero-order chi connectivity index (χ0) is 18.1. The molecule has 0 amide bonds. The lowest BCUT2D eigenvalue weighted by Crippen LogP contribution is -2.04. The molecule has 2 heterocycles. The number of rotatable bonds is 4. The van der Waals surface area contributed by atoms with Gasteiger partial charge in [-0.3, -0.25) is 0 Å². The first-order valence-electron chi connectivity index (χ1n) is 8.29. The number of benzene rings is 2. The highest BCUT2D eigenvalue weighted by molar-refractivity contribution is 6.30. The van der Waals surface area contributed by atoms with Crippen LogP contribution in [0.1, 0.15) is 17.0 Å². The molecule has 2 aromatic heterocycles. The lowest BCUT2D eigenvalue weighted by Gasteiger charge is -2.12. The molecule has 130 valence electrons. The topological polar surface area (TPSA) is 63.8 Å². The number of hydrogen-bond acceptors (Lipinski definition) is 5. The smallest absolute Gasteiger partial charge is 0.223 e. The van der Waals surface area contributed by atoms with E-state index in [1.807, 2.05) is 55.5 Å². The number of aromatic nitrogens is 3. The summed E-state index contributed by atoms with van der Waals surface area (Å²) in [5.74, 6) is 1.75. The van der Waals surface area contributed by atoms with E-state index >= 15 is 0 Å². The fraction of sp³-hybridized carbons (Fsp3) is 0.150. The summed E-state index contributed by atoms with van der Waals surface area (Å²) < 4.78 is 5.15. The summed E-state index contributed by atoms with van der Waals surface area (Å²) in [6.07, 6.45) is 0. The van der Waals surface area contributed by atoms with Gasteiger partial charge in [0.1, 0.15) is 5.82 Å². The standard InChI is InChI=1S/C20H17ClN4O/c1-12-5-3-7-15-10-17(20-23-13(2)26-25-20)19(24-18(12)15)22-11-14-6-4-8-16(21)9-14/h3-10H,11H2,1-2H3,(H,22,24). The van der Waals surface area contributed by atoms with Crippen molar-refractivity contribution in [2.45, 2.75) is 20.4 Å². The molecule has 0 fully saturated rings. The molecule has 4 aromatic rings. The first-order chi connectivity index (χ1) is 12.6. The molecule has 0 spiro atoms. The van der Waals surface area contributed by atoms with Gasteiger partial charge in [-0.05, 0) is 36.2 Å². The van der Waals surface area contributed by atoms with Crippen LogP contribution >= 0.6 is 11.6 Å². The molecular formula is C20H17ClN4O. The number of para-hydroxylation sites is 1. The number of pyridine rings is 1. The Morgan fingerprint density at radius 1 is 1.04 bits per heavy atom. The van der Waals surface area contributed by atoms with Crippen molar-refractivity contribution in [2.75, 3.05) is 5.32 Å². The minimum atomic E-state index is 0.519. The first-order valence-corrected chi connectivity index (χ1v) is 8.67. The molecule has 6 heteroatoms. The summed E-state index contributed by atoms with van der Waals surface area (Å²) in [4.78, 5) is 9.19. The van der Waals surface area contributed by atoms with Crippen LogP contribution in [-0.2, 0) is 6.54 Å². The molecular weight excluding hydrogens is 348 g/mol. The van der Waals surface area contributed by atoms with E-state index < -0.39 is 0 Å². The van der Waals surface area contributed by atoms with Crippen LogP contribution in [0, 0.1) is 13.8 Å². The van der Waals surface area contributed by atoms with Gasteiger partial charge in [0.05, 0.1) is 11.1 Å². The predicted molar refractivity (Wildman–Crippen MR) is 103 cm³/mol. The van der Waals surface area contributed by atoms with Crippen LogP contribution < -0.4 is 5.32 Å². The normalized spacial score (nSPS) is 11.0. The van der Waals surface area contributed by atoms with E-state index in [1.165, 1.54) is 0 Å². The number of nitrogens with zero attached hydrogens (tertiary/aromatic N) is 3. The number of hydrogen-bond donors (Lipinski definition) is 1. The summed E-state index contributed by atoms with van der Waals surface area (Å²) in [5.41, 5.74) is 3.94. The zero-order valence-corrected chi connectivity index (χ0v) is 15.2. The second-order valence-electron chi connectivity index (χ2n) is 6.15. The van der Waals surface area contributed by atoms with Gasteiger partial charge in [0.15, 0.2) is 0 Å². The van der Waals surface area contributed by atoms with Crippen molar-refractivity contribution < 1.29 is 4.52 Å². The van der Waals surface area contributed by atoms with E-state index in [4.69, 9.17) is 21.1 Å².